The Morgan fingerprint density at radius 1 is 1.26 bits per heavy atom. The molecule has 23 heavy (non-hydrogen) atoms. The average Bonchev–Trinajstić information content (AvgIpc) is 2.91. The van der Waals surface area contributed by atoms with Crippen LogP contribution >= 0.6 is 15.9 Å². The predicted molar refractivity (Wildman–Crippen MR) is 78.3 cm³/mol. The van der Waals surface area contributed by atoms with Crippen molar-refractivity contribution in [3.8, 4) is 0 Å². The molecule has 0 radical (unpaired) electrons. The Morgan fingerprint density at radius 2 is 1.96 bits per heavy atom. The molecule has 0 aliphatic carbocycles. The maximum atomic E-state index is 13.3. The highest BCUT2D eigenvalue weighted by atomic mass is 79.9. The molecule has 2 aromatic heterocycles. The fraction of sp³-hybridized carbons (Fsp3) is 0.286. The van der Waals surface area contributed by atoms with Gasteiger partial charge in [0.2, 0.25) is 5.82 Å². The van der Waals surface area contributed by atoms with Crippen LogP contribution in [0.2, 0.25) is 0 Å². The molecule has 0 unspecified atom stereocenters. The Hall–Kier alpha value is -2.03. The SMILES string of the molecule is Cc1cc(Br)c2nc(C(F)(F)F)n(Cc3oc(=O)oc3C)c2c1. The number of alkyl halides is 3. The van der Waals surface area contributed by atoms with Crippen molar-refractivity contribution in [2.24, 2.45) is 0 Å². The molecule has 2 heterocycles. The number of nitrogens with zero attached hydrogens (tertiary/aromatic N) is 2. The zero-order chi connectivity index (χ0) is 16.9. The van der Waals surface area contributed by atoms with Crippen LogP contribution in [-0.2, 0) is 12.7 Å². The van der Waals surface area contributed by atoms with Gasteiger partial charge in [-0.3, -0.25) is 0 Å². The van der Waals surface area contributed by atoms with E-state index in [2.05, 4.69) is 20.9 Å². The largest absolute Gasteiger partial charge is 0.519 e. The van der Waals surface area contributed by atoms with Crippen LogP contribution in [0, 0.1) is 13.8 Å². The minimum atomic E-state index is -4.65. The summed E-state index contributed by atoms with van der Waals surface area (Å²) in [5.41, 5.74) is 1.24. The monoisotopic (exact) mass is 390 g/mol. The van der Waals surface area contributed by atoms with Crippen LogP contribution in [0.4, 0.5) is 13.2 Å². The van der Waals surface area contributed by atoms with Gasteiger partial charge in [-0.05, 0) is 47.5 Å². The summed E-state index contributed by atoms with van der Waals surface area (Å²) in [6.07, 6.45) is -4.65. The third kappa shape index (κ3) is 2.80. The lowest BCUT2D eigenvalue weighted by molar-refractivity contribution is -0.146. The Labute approximate surface area is 135 Å². The number of aryl methyl sites for hydroxylation is 2. The quantitative estimate of drug-likeness (QED) is 0.662. The molecular formula is C14H10BrF3N2O3. The topological polar surface area (TPSA) is 61.2 Å². The highest BCUT2D eigenvalue weighted by Crippen LogP contribution is 2.35. The lowest BCUT2D eigenvalue weighted by Gasteiger charge is -2.10. The average molecular weight is 391 g/mol. The predicted octanol–water partition coefficient (Wildman–Crippen LogP) is 4.03. The molecule has 1 aromatic carbocycles. The number of imidazole rings is 1. The van der Waals surface area contributed by atoms with Gasteiger partial charge in [0.15, 0.2) is 5.76 Å². The number of fused-ring (bicyclic) bond motifs is 1. The molecule has 0 atom stereocenters. The zero-order valence-corrected chi connectivity index (χ0v) is 13.6. The van der Waals surface area contributed by atoms with Crippen LogP contribution in [0.15, 0.2) is 30.2 Å². The maximum absolute atomic E-state index is 13.3. The van der Waals surface area contributed by atoms with Crippen LogP contribution in [0.5, 0.6) is 0 Å². The Bertz CT molecular complexity index is 953. The second-order valence-corrected chi connectivity index (χ2v) is 5.92. The fourth-order valence-corrected chi connectivity index (χ4v) is 3.00. The van der Waals surface area contributed by atoms with Crippen molar-refractivity contribution in [3.05, 3.63) is 50.1 Å². The number of halogens is 4. The molecule has 0 fully saturated rings. The van der Waals surface area contributed by atoms with E-state index in [4.69, 9.17) is 8.83 Å². The minimum absolute atomic E-state index is 0.0254. The van der Waals surface area contributed by atoms with Crippen LogP contribution in [0.3, 0.4) is 0 Å². The fourth-order valence-electron chi connectivity index (χ4n) is 2.35. The van der Waals surface area contributed by atoms with Crippen molar-refractivity contribution in [2.45, 2.75) is 26.6 Å². The van der Waals surface area contributed by atoms with E-state index in [-0.39, 0.29) is 29.1 Å². The number of hydrogen-bond acceptors (Lipinski definition) is 4. The smallest absolute Gasteiger partial charge is 0.396 e. The summed E-state index contributed by atoms with van der Waals surface area (Å²) in [5.74, 6) is -1.86. The summed E-state index contributed by atoms with van der Waals surface area (Å²) in [6, 6.07) is 3.28. The van der Waals surface area contributed by atoms with Crippen LogP contribution in [0.25, 0.3) is 11.0 Å². The minimum Gasteiger partial charge on any atom is -0.396 e. The van der Waals surface area contributed by atoms with Crippen LogP contribution < -0.4 is 5.82 Å². The van der Waals surface area contributed by atoms with Gasteiger partial charge in [-0.2, -0.15) is 13.2 Å². The Balaban J connectivity index is 2.28. The molecule has 3 aromatic rings. The van der Waals surface area contributed by atoms with Gasteiger partial charge in [-0.15, -0.1) is 0 Å². The zero-order valence-electron chi connectivity index (χ0n) is 12.0. The molecule has 0 N–H and O–H groups in total. The summed E-state index contributed by atoms with van der Waals surface area (Å²) in [4.78, 5) is 14.8. The van der Waals surface area contributed by atoms with E-state index in [0.717, 1.165) is 10.1 Å². The maximum Gasteiger partial charge on any atom is 0.519 e. The van der Waals surface area contributed by atoms with Crippen LogP contribution in [-0.4, -0.2) is 9.55 Å². The molecule has 5 nitrogen and oxygen atoms in total. The van der Waals surface area contributed by atoms with Crippen molar-refractivity contribution < 1.29 is 22.0 Å². The lowest BCUT2D eigenvalue weighted by Crippen LogP contribution is -2.15. The van der Waals surface area contributed by atoms with Gasteiger partial charge in [0.25, 0.3) is 0 Å². The number of benzene rings is 1. The summed E-state index contributed by atoms with van der Waals surface area (Å²) < 4.78 is 50.9. The summed E-state index contributed by atoms with van der Waals surface area (Å²) in [7, 11) is 0. The van der Waals surface area contributed by atoms with E-state index in [9.17, 15) is 18.0 Å². The van der Waals surface area contributed by atoms with Crippen molar-refractivity contribution >= 4 is 27.0 Å². The molecule has 0 saturated heterocycles. The highest BCUT2D eigenvalue weighted by Gasteiger charge is 2.38. The van der Waals surface area contributed by atoms with E-state index in [1.807, 2.05) is 0 Å². The second kappa shape index (κ2) is 5.26. The lowest BCUT2D eigenvalue weighted by atomic mass is 10.2. The molecule has 0 spiro atoms. The Morgan fingerprint density at radius 3 is 2.52 bits per heavy atom. The van der Waals surface area contributed by atoms with Gasteiger partial charge in [-0.25, -0.2) is 9.78 Å². The molecule has 3 rings (SSSR count). The number of hydrogen-bond donors (Lipinski definition) is 0. The molecule has 0 aliphatic heterocycles. The van der Waals surface area contributed by atoms with Gasteiger partial charge in [0.1, 0.15) is 11.3 Å². The van der Waals surface area contributed by atoms with E-state index >= 15 is 0 Å². The van der Waals surface area contributed by atoms with Crippen molar-refractivity contribution in [2.75, 3.05) is 0 Å². The second-order valence-electron chi connectivity index (χ2n) is 5.07. The van der Waals surface area contributed by atoms with Gasteiger partial charge >= 0.3 is 12.0 Å². The van der Waals surface area contributed by atoms with Gasteiger partial charge in [0, 0.05) is 4.47 Å². The summed E-state index contributed by atoms with van der Waals surface area (Å²) >= 11 is 3.23. The first-order valence-electron chi connectivity index (χ1n) is 6.50. The third-order valence-electron chi connectivity index (χ3n) is 3.34. The molecule has 0 saturated carbocycles. The highest BCUT2D eigenvalue weighted by molar-refractivity contribution is 9.10. The standard InChI is InChI=1S/C14H10BrF3N2O3/c1-6-3-8(15)11-9(4-6)20(12(19-11)14(16,17)18)5-10-7(2)22-13(21)23-10/h3-4H,5H2,1-2H3. The summed E-state index contributed by atoms with van der Waals surface area (Å²) in [5, 5.41) is 0. The first kappa shape index (κ1) is 15.9. The molecular weight excluding hydrogens is 381 g/mol. The first-order valence-corrected chi connectivity index (χ1v) is 7.29. The summed E-state index contributed by atoms with van der Waals surface area (Å²) in [6.45, 7) is 2.91. The van der Waals surface area contributed by atoms with E-state index in [1.165, 1.54) is 6.92 Å². The molecule has 0 aliphatic rings. The van der Waals surface area contributed by atoms with E-state index < -0.39 is 17.8 Å². The molecule has 122 valence electrons. The van der Waals surface area contributed by atoms with Crippen LogP contribution in [0.1, 0.15) is 22.9 Å². The molecule has 9 heteroatoms. The first-order chi connectivity index (χ1) is 10.7. The van der Waals surface area contributed by atoms with Crippen molar-refractivity contribution in [3.63, 3.8) is 0 Å². The van der Waals surface area contributed by atoms with Crippen molar-refractivity contribution in [1.82, 2.24) is 9.55 Å². The van der Waals surface area contributed by atoms with Gasteiger partial charge in [0.05, 0.1) is 12.1 Å². The van der Waals surface area contributed by atoms with E-state index in [1.54, 1.807) is 19.1 Å². The third-order valence-corrected chi connectivity index (χ3v) is 3.95. The number of rotatable bonds is 2. The van der Waals surface area contributed by atoms with Crippen molar-refractivity contribution in [1.29, 1.82) is 0 Å². The molecule has 0 bridgehead atoms. The Kier molecular flexibility index (Phi) is 3.62. The van der Waals surface area contributed by atoms with Gasteiger partial charge < -0.3 is 13.4 Å². The van der Waals surface area contributed by atoms with Gasteiger partial charge in [-0.1, -0.05) is 0 Å². The molecule has 0 amide bonds. The normalized spacial score (nSPS) is 12.3. The number of aromatic nitrogens is 2. The van der Waals surface area contributed by atoms with E-state index in [0.29, 0.717) is 4.47 Å².